The number of carbonyl (C=O) groups excluding carboxylic acids is 1. The van der Waals surface area contributed by atoms with Crippen molar-refractivity contribution in [2.24, 2.45) is 0 Å². The van der Waals surface area contributed by atoms with E-state index in [0.717, 1.165) is 21.7 Å². The monoisotopic (exact) mass is 575 g/mol. The number of anilines is 2. The Balaban J connectivity index is 1.51. The van der Waals surface area contributed by atoms with E-state index < -0.39 is 11.9 Å². The fourth-order valence-electron chi connectivity index (χ4n) is 3.89. The molecule has 37 heavy (non-hydrogen) atoms. The van der Waals surface area contributed by atoms with E-state index in [4.69, 9.17) is 16.3 Å². The largest absolute Gasteiger partial charge is 0.491 e. The van der Waals surface area contributed by atoms with E-state index >= 15 is 0 Å². The van der Waals surface area contributed by atoms with Gasteiger partial charge in [-0.1, -0.05) is 49.7 Å². The number of benzene rings is 2. The van der Waals surface area contributed by atoms with Crippen LogP contribution >= 0.6 is 42.8 Å². The minimum atomic E-state index is -0.410. The molecule has 1 amide bonds. The zero-order chi connectivity index (χ0) is 26.5. The lowest BCUT2D eigenvalue weighted by molar-refractivity contribution is 0.103. The van der Waals surface area contributed by atoms with Crippen molar-refractivity contribution >= 4 is 65.4 Å². The average molecular weight is 576 g/mol. The normalized spacial score (nSPS) is 15.1. The maximum Gasteiger partial charge on any atom is 0.265 e. The lowest BCUT2D eigenvalue weighted by Gasteiger charge is -2.24. The molecular weight excluding hydrogens is 548 g/mol. The van der Waals surface area contributed by atoms with Gasteiger partial charge in [0.15, 0.2) is 0 Å². The lowest BCUT2D eigenvalue weighted by Crippen LogP contribution is -2.23. The minimum absolute atomic E-state index is 0.222. The SMILES string of the molecule is CSNc1cc(Cl)cc(NC(=O)c2cc(C3NC=C(F)C=C3OCc3cccc(P(C)C)c3)c(C)s2)c1. The maximum atomic E-state index is 14.2. The molecule has 0 saturated heterocycles. The van der Waals surface area contributed by atoms with E-state index in [0.29, 0.717) is 28.0 Å². The summed E-state index contributed by atoms with van der Waals surface area (Å²) in [5.74, 6) is -0.184. The quantitative estimate of drug-likeness (QED) is 0.181. The van der Waals surface area contributed by atoms with E-state index in [1.807, 2.05) is 37.4 Å². The summed E-state index contributed by atoms with van der Waals surface area (Å²) in [5.41, 5.74) is 3.28. The van der Waals surface area contributed by atoms with Crippen LogP contribution in [0.2, 0.25) is 5.02 Å². The van der Waals surface area contributed by atoms with Crippen LogP contribution in [-0.2, 0) is 11.3 Å². The third kappa shape index (κ3) is 7.08. The summed E-state index contributed by atoms with van der Waals surface area (Å²) in [6, 6.07) is 15.0. The Morgan fingerprint density at radius 1 is 1.22 bits per heavy atom. The summed E-state index contributed by atoms with van der Waals surface area (Å²) in [6.45, 7) is 6.68. The molecule has 0 saturated carbocycles. The van der Waals surface area contributed by atoms with Gasteiger partial charge in [-0.25, -0.2) is 4.39 Å². The Morgan fingerprint density at radius 2 is 2.00 bits per heavy atom. The molecule has 1 aliphatic heterocycles. The van der Waals surface area contributed by atoms with Crippen molar-refractivity contribution in [1.29, 1.82) is 0 Å². The van der Waals surface area contributed by atoms with Gasteiger partial charge < -0.3 is 20.1 Å². The first-order valence-electron chi connectivity index (χ1n) is 11.5. The van der Waals surface area contributed by atoms with Crippen LogP contribution < -0.4 is 20.7 Å². The third-order valence-corrected chi connectivity index (χ3v) is 8.69. The van der Waals surface area contributed by atoms with Crippen molar-refractivity contribution in [2.45, 2.75) is 19.6 Å². The number of ether oxygens (including phenoxy) is 1. The Bertz CT molecular complexity index is 1360. The summed E-state index contributed by atoms with van der Waals surface area (Å²) in [7, 11) is -0.222. The van der Waals surface area contributed by atoms with Crippen LogP contribution in [0.4, 0.5) is 15.8 Å². The molecule has 1 aromatic heterocycles. The molecule has 0 spiro atoms. The summed E-state index contributed by atoms with van der Waals surface area (Å²) in [4.78, 5) is 14.5. The highest BCUT2D eigenvalue weighted by molar-refractivity contribution is 7.99. The maximum absolute atomic E-state index is 14.2. The van der Waals surface area contributed by atoms with Crippen molar-refractivity contribution in [3.05, 3.63) is 98.3 Å². The third-order valence-electron chi connectivity index (χ3n) is 5.65. The molecule has 2 aromatic carbocycles. The fourth-order valence-corrected chi connectivity index (χ4v) is 6.24. The van der Waals surface area contributed by atoms with Crippen molar-refractivity contribution in [3.8, 4) is 0 Å². The van der Waals surface area contributed by atoms with Crippen LogP contribution in [0.1, 0.15) is 31.7 Å². The van der Waals surface area contributed by atoms with Crippen LogP contribution in [0.5, 0.6) is 0 Å². The second kappa shape index (κ2) is 12.4. The standard InChI is InChI=1S/C27H28ClFN3O2PS2/c1-16-23(13-25(37-16)27(33)31-20-9-18(28)10-21(12-20)32-36-4)26-24(11-19(29)14-30-26)34-15-17-6-5-7-22(8-17)35(2)3/h5-14,26,30,32H,15H2,1-4H3,(H,31,33). The highest BCUT2D eigenvalue weighted by Gasteiger charge is 2.26. The first-order valence-corrected chi connectivity index (χ1v) is 16.1. The molecule has 10 heteroatoms. The van der Waals surface area contributed by atoms with E-state index in [1.165, 1.54) is 40.9 Å². The number of hydrogen-bond donors (Lipinski definition) is 3. The van der Waals surface area contributed by atoms with Crippen molar-refractivity contribution < 1.29 is 13.9 Å². The van der Waals surface area contributed by atoms with Gasteiger partial charge in [0.1, 0.15) is 24.2 Å². The topological polar surface area (TPSA) is 62.4 Å². The predicted octanol–water partition coefficient (Wildman–Crippen LogP) is 7.57. The van der Waals surface area contributed by atoms with Crippen LogP contribution in [0, 0.1) is 6.92 Å². The number of aryl methyl sites for hydroxylation is 1. The van der Waals surface area contributed by atoms with E-state index in [1.54, 1.807) is 12.1 Å². The van der Waals surface area contributed by atoms with Gasteiger partial charge in [0.2, 0.25) is 0 Å². The van der Waals surface area contributed by atoms with Gasteiger partial charge in [0.05, 0.1) is 4.88 Å². The molecule has 0 radical (unpaired) electrons. The van der Waals surface area contributed by atoms with Crippen molar-refractivity contribution in [1.82, 2.24) is 5.32 Å². The molecule has 5 nitrogen and oxygen atoms in total. The van der Waals surface area contributed by atoms with Crippen LogP contribution in [-0.4, -0.2) is 25.5 Å². The summed E-state index contributed by atoms with van der Waals surface area (Å²) < 4.78 is 23.4. The predicted molar refractivity (Wildman–Crippen MR) is 158 cm³/mol. The highest BCUT2D eigenvalue weighted by atomic mass is 35.5. The molecule has 1 atom stereocenters. The smallest absolute Gasteiger partial charge is 0.265 e. The number of nitrogens with one attached hydrogen (secondary N) is 3. The summed E-state index contributed by atoms with van der Waals surface area (Å²) in [5, 5.41) is 7.82. The van der Waals surface area contributed by atoms with Gasteiger partial charge in [-0.2, -0.15) is 0 Å². The number of thiophene rings is 1. The molecule has 0 bridgehead atoms. The van der Waals surface area contributed by atoms with Crippen LogP contribution in [0.15, 0.2) is 72.4 Å². The number of rotatable bonds is 9. The van der Waals surface area contributed by atoms with E-state index in [2.05, 4.69) is 40.8 Å². The second-order valence-corrected chi connectivity index (χ2v) is 13.3. The zero-order valence-electron chi connectivity index (χ0n) is 20.9. The molecule has 3 aromatic rings. The molecule has 0 fully saturated rings. The number of hydrogen-bond acceptors (Lipinski definition) is 6. The first kappa shape index (κ1) is 27.5. The molecule has 194 valence electrons. The number of dihydropyridines is 1. The number of amides is 1. The van der Waals surface area contributed by atoms with Gasteiger partial charge in [-0.05, 0) is 67.0 Å². The molecule has 0 aliphatic carbocycles. The van der Waals surface area contributed by atoms with Crippen molar-refractivity contribution in [2.75, 3.05) is 29.6 Å². The molecule has 4 rings (SSSR count). The van der Waals surface area contributed by atoms with Gasteiger partial charge in [-0.3, -0.25) is 4.79 Å². The minimum Gasteiger partial charge on any atom is -0.491 e. The molecule has 1 unspecified atom stereocenters. The number of halogens is 2. The number of allylic oxidation sites excluding steroid dienone is 2. The first-order chi connectivity index (χ1) is 17.7. The second-order valence-electron chi connectivity index (χ2n) is 8.64. The molecule has 1 aliphatic rings. The fraction of sp³-hybridized carbons (Fsp3) is 0.222. The lowest BCUT2D eigenvalue weighted by atomic mass is 10.0. The molecule has 2 heterocycles. The van der Waals surface area contributed by atoms with Crippen molar-refractivity contribution in [3.63, 3.8) is 0 Å². The van der Waals surface area contributed by atoms with E-state index in [-0.39, 0.29) is 13.8 Å². The van der Waals surface area contributed by atoms with Gasteiger partial charge in [0.25, 0.3) is 5.91 Å². The van der Waals surface area contributed by atoms with Gasteiger partial charge in [-0.15, -0.1) is 11.3 Å². The Morgan fingerprint density at radius 3 is 2.76 bits per heavy atom. The van der Waals surface area contributed by atoms with Gasteiger partial charge in [0, 0.05) is 39.8 Å². The Kier molecular flexibility index (Phi) is 9.19. The summed E-state index contributed by atoms with van der Waals surface area (Å²) in [6.07, 6.45) is 4.63. The molecular formula is C27H28ClFN3O2PS2. The summed E-state index contributed by atoms with van der Waals surface area (Å²) >= 11 is 9.03. The molecule has 3 N–H and O–H groups in total. The Labute approximate surface area is 231 Å². The number of carbonyl (C=O) groups is 1. The van der Waals surface area contributed by atoms with E-state index in [9.17, 15) is 9.18 Å². The van der Waals surface area contributed by atoms with Gasteiger partial charge >= 0.3 is 0 Å². The zero-order valence-corrected chi connectivity index (χ0v) is 24.2. The Hall–Kier alpha value is -2.51. The van der Waals surface area contributed by atoms with Crippen LogP contribution in [0.25, 0.3) is 0 Å². The highest BCUT2D eigenvalue weighted by Crippen LogP contribution is 2.35. The van der Waals surface area contributed by atoms with Crippen LogP contribution in [0.3, 0.4) is 0 Å². The average Bonchev–Trinajstić information content (AvgIpc) is 3.24.